The van der Waals surface area contributed by atoms with E-state index in [0.29, 0.717) is 0 Å². The number of carbonyl (C=O) groups is 1. The fourth-order valence-electron chi connectivity index (χ4n) is 3.94. The van der Waals surface area contributed by atoms with Crippen LogP contribution in [0.15, 0.2) is 46.1 Å². The summed E-state index contributed by atoms with van der Waals surface area (Å²) < 4.78 is 0. The van der Waals surface area contributed by atoms with E-state index in [0.717, 1.165) is 18.4 Å². The summed E-state index contributed by atoms with van der Waals surface area (Å²) in [7, 11) is 0. The molecule has 2 nitrogen and oxygen atoms in total. The lowest BCUT2D eigenvalue weighted by Crippen LogP contribution is -2.19. The van der Waals surface area contributed by atoms with Gasteiger partial charge in [-0.25, -0.2) is 4.79 Å². The van der Waals surface area contributed by atoms with Gasteiger partial charge in [-0.3, -0.25) is 0 Å². The van der Waals surface area contributed by atoms with Crippen LogP contribution in [0.25, 0.3) is 0 Å². The molecule has 0 aliphatic heterocycles. The van der Waals surface area contributed by atoms with Gasteiger partial charge in [0.05, 0.1) is 0 Å². The Morgan fingerprint density at radius 3 is 2.50 bits per heavy atom. The molecule has 0 amide bonds. The summed E-state index contributed by atoms with van der Waals surface area (Å²) in [6.07, 6.45) is 14.5. The fraction of sp³-hybridized carbons (Fsp3) is 0.542. The number of hydrogen-bond acceptors (Lipinski definition) is 1. The second kappa shape index (κ2) is 9.08. The highest BCUT2D eigenvalue weighted by Crippen LogP contribution is 2.39. The maximum atomic E-state index is 10.8. The van der Waals surface area contributed by atoms with Crippen LogP contribution in [0.5, 0.6) is 0 Å². The average Bonchev–Trinajstić information content (AvgIpc) is 2.76. The predicted molar refractivity (Wildman–Crippen MR) is 109 cm³/mol. The van der Waals surface area contributed by atoms with Crippen molar-refractivity contribution in [1.29, 1.82) is 0 Å². The number of carboxylic acids is 1. The van der Waals surface area contributed by atoms with Crippen LogP contribution in [0.3, 0.4) is 0 Å². The van der Waals surface area contributed by atoms with Gasteiger partial charge in [0.15, 0.2) is 0 Å². The van der Waals surface area contributed by atoms with Crippen LogP contribution >= 0.6 is 0 Å². The first-order chi connectivity index (χ1) is 12.3. The van der Waals surface area contributed by atoms with E-state index in [2.05, 4.69) is 38.7 Å². The standard InChI is InChI=1S/C24H32O2/c1-18(17-23(25)26)12-13-20-10-6-5-7-11-21(20)14-15-22-19(2)9-8-16-24(22,3)4/h12-13,17H,5-11,16H2,1-4H3,(H,25,26). The summed E-state index contributed by atoms with van der Waals surface area (Å²) in [6, 6.07) is 0. The Morgan fingerprint density at radius 1 is 1.08 bits per heavy atom. The van der Waals surface area contributed by atoms with Gasteiger partial charge in [-0.05, 0) is 75.4 Å². The second-order valence-corrected chi connectivity index (χ2v) is 8.27. The molecule has 140 valence electrons. The zero-order valence-corrected chi connectivity index (χ0v) is 16.7. The molecular formula is C24H32O2. The molecule has 0 aromatic carbocycles. The number of carboxylic acid groups (broad SMARTS) is 1. The maximum absolute atomic E-state index is 10.8. The average molecular weight is 353 g/mol. The molecule has 0 saturated heterocycles. The summed E-state index contributed by atoms with van der Waals surface area (Å²) in [4.78, 5) is 10.8. The van der Waals surface area contributed by atoms with Crippen molar-refractivity contribution in [3.05, 3.63) is 46.1 Å². The van der Waals surface area contributed by atoms with Gasteiger partial charge in [0, 0.05) is 17.2 Å². The third-order valence-corrected chi connectivity index (χ3v) is 5.45. The zero-order chi connectivity index (χ0) is 19.2. The van der Waals surface area contributed by atoms with Gasteiger partial charge >= 0.3 is 5.97 Å². The smallest absolute Gasteiger partial charge is 0.328 e. The van der Waals surface area contributed by atoms with Crippen molar-refractivity contribution in [3.63, 3.8) is 0 Å². The lowest BCUT2D eigenvalue weighted by atomic mass is 9.73. The zero-order valence-electron chi connectivity index (χ0n) is 16.7. The van der Waals surface area contributed by atoms with Gasteiger partial charge in [0.1, 0.15) is 0 Å². The highest BCUT2D eigenvalue weighted by molar-refractivity contribution is 5.81. The Balaban J connectivity index is 2.35. The van der Waals surface area contributed by atoms with E-state index in [1.54, 1.807) is 0 Å². The summed E-state index contributed by atoms with van der Waals surface area (Å²) >= 11 is 0. The minimum Gasteiger partial charge on any atom is -0.478 e. The lowest BCUT2D eigenvalue weighted by molar-refractivity contribution is -0.131. The molecule has 0 atom stereocenters. The van der Waals surface area contributed by atoms with Crippen molar-refractivity contribution in [1.82, 2.24) is 0 Å². The van der Waals surface area contributed by atoms with Crippen LogP contribution in [0.2, 0.25) is 0 Å². The van der Waals surface area contributed by atoms with E-state index < -0.39 is 5.97 Å². The largest absolute Gasteiger partial charge is 0.478 e. The molecule has 0 saturated carbocycles. The van der Waals surface area contributed by atoms with E-state index in [1.807, 2.05) is 13.0 Å². The molecular weight excluding hydrogens is 320 g/mol. The maximum Gasteiger partial charge on any atom is 0.328 e. The molecule has 26 heavy (non-hydrogen) atoms. The number of aliphatic carboxylic acids is 1. The topological polar surface area (TPSA) is 37.3 Å². The molecule has 1 N–H and O–H groups in total. The monoisotopic (exact) mass is 352 g/mol. The summed E-state index contributed by atoms with van der Waals surface area (Å²) in [6.45, 7) is 8.67. The number of allylic oxidation sites excluding steroid dienone is 7. The van der Waals surface area contributed by atoms with Gasteiger partial charge < -0.3 is 5.11 Å². The molecule has 2 aliphatic carbocycles. The van der Waals surface area contributed by atoms with Crippen LogP contribution in [-0.2, 0) is 4.79 Å². The highest BCUT2D eigenvalue weighted by atomic mass is 16.4. The summed E-state index contributed by atoms with van der Waals surface area (Å²) in [5.41, 5.74) is 6.22. The quantitative estimate of drug-likeness (QED) is 0.364. The molecule has 0 unspecified atom stereocenters. The van der Waals surface area contributed by atoms with Crippen LogP contribution < -0.4 is 0 Å². The molecule has 0 aromatic rings. The Morgan fingerprint density at radius 2 is 1.81 bits per heavy atom. The molecule has 0 fully saturated rings. The minimum atomic E-state index is -0.899. The van der Waals surface area contributed by atoms with E-state index in [9.17, 15) is 4.79 Å². The number of rotatable bonds is 3. The van der Waals surface area contributed by atoms with E-state index in [4.69, 9.17) is 5.11 Å². The third kappa shape index (κ3) is 5.77. The fourth-order valence-corrected chi connectivity index (χ4v) is 3.94. The normalized spacial score (nSPS) is 21.5. The lowest BCUT2D eigenvalue weighted by Gasteiger charge is -2.31. The van der Waals surface area contributed by atoms with Crippen molar-refractivity contribution in [2.45, 2.75) is 79.1 Å². The Kier molecular flexibility index (Phi) is 7.09. The van der Waals surface area contributed by atoms with Crippen LogP contribution in [0.1, 0.15) is 79.1 Å². The Hall–Kier alpha value is -2.01. The predicted octanol–water partition coefficient (Wildman–Crippen LogP) is 6.36. The SMILES string of the molecule is CC(C=CC1=C(C#CC2=C(C)CCCC2(C)C)CCCCC1)=CC(=O)O. The molecule has 0 bridgehead atoms. The minimum absolute atomic E-state index is 0.178. The second-order valence-electron chi connectivity index (χ2n) is 8.27. The van der Waals surface area contributed by atoms with Crippen LogP contribution in [0, 0.1) is 17.3 Å². The van der Waals surface area contributed by atoms with Gasteiger partial charge in [-0.15, -0.1) is 0 Å². The van der Waals surface area contributed by atoms with E-state index in [1.165, 1.54) is 66.9 Å². The molecule has 0 spiro atoms. The van der Waals surface area contributed by atoms with Gasteiger partial charge in [0.25, 0.3) is 0 Å². The summed E-state index contributed by atoms with van der Waals surface area (Å²) in [5.74, 6) is 6.16. The van der Waals surface area contributed by atoms with Crippen molar-refractivity contribution >= 4 is 5.97 Å². The first kappa shape index (κ1) is 20.3. The number of hydrogen-bond donors (Lipinski definition) is 1. The van der Waals surface area contributed by atoms with Crippen molar-refractivity contribution in [3.8, 4) is 11.8 Å². The summed E-state index contributed by atoms with van der Waals surface area (Å²) in [5, 5.41) is 8.87. The molecule has 0 radical (unpaired) electrons. The first-order valence-corrected chi connectivity index (χ1v) is 9.83. The van der Waals surface area contributed by atoms with Crippen LogP contribution in [-0.4, -0.2) is 11.1 Å². The van der Waals surface area contributed by atoms with Gasteiger partial charge in [-0.2, -0.15) is 0 Å². The highest BCUT2D eigenvalue weighted by Gasteiger charge is 2.27. The van der Waals surface area contributed by atoms with Crippen molar-refractivity contribution < 1.29 is 9.90 Å². The van der Waals surface area contributed by atoms with Crippen LogP contribution in [0.4, 0.5) is 0 Å². The molecule has 2 rings (SSSR count). The molecule has 0 heterocycles. The molecule has 2 heteroatoms. The molecule has 0 aromatic heterocycles. The molecule has 2 aliphatic rings. The Labute approximate surface area is 158 Å². The van der Waals surface area contributed by atoms with Gasteiger partial charge in [-0.1, -0.05) is 49.8 Å². The first-order valence-electron chi connectivity index (χ1n) is 9.83. The van der Waals surface area contributed by atoms with E-state index in [-0.39, 0.29) is 5.41 Å². The van der Waals surface area contributed by atoms with Gasteiger partial charge in [0.2, 0.25) is 0 Å². The van der Waals surface area contributed by atoms with Crippen molar-refractivity contribution in [2.75, 3.05) is 0 Å². The Bertz CT molecular complexity index is 730. The van der Waals surface area contributed by atoms with E-state index >= 15 is 0 Å². The van der Waals surface area contributed by atoms with Crippen molar-refractivity contribution in [2.24, 2.45) is 5.41 Å². The third-order valence-electron chi connectivity index (χ3n) is 5.45.